The van der Waals surface area contributed by atoms with Crippen LogP contribution in [0.5, 0.6) is 11.5 Å². The number of halogens is 1. The van der Waals surface area contributed by atoms with E-state index in [0.29, 0.717) is 121 Å². The molecule has 0 spiro atoms. The Labute approximate surface area is 338 Å². The summed E-state index contributed by atoms with van der Waals surface area (Å²) in [7, 11) is 1.38. The number of fused-ring (bicyclic) bond motifs is 1. The van der Waals surface area contributed by atoms with Crippen molar-refractivity contribution < 1.29 is 44.5 Å². The Hall–Kier alpha value is -3.99. The van der Waals surface area contributed by atoms with Crippen LogP contribution in [0.25, 0.3) is 49.2 Å². The first-order valence-electron chi connectivity index (χ1n) is 19.4. The Morgan fingerprint density at radius 3 is 2.18 bits per heavy atom. The zero-order chi connectivity index (χ0) is 41.0. The predicted molar refractivity (Wildman–Crippen MR) is 226 cm³/mol. The third-order valence-electron chi connectivity index (χ3n) is 11.0. The number of methoxy groups -OCH3 is 1. The van der Waals surface area contributed by atoms with Gasteiger partial charge in [-0.1, -0.05) is 11.6 Å². The molecule has 0 fully saturated rings. The number of aliphatic hydroxyl groups is 4. The van der Waals surface area contributed by atoms with Gasteiger partial charge in [0.15, 0.2) is 22.4 Å². The Kier molecular flexibility index (Phi) is 14.0. The van der Waals surface area contributed by atoms with E-state index < -0.39 is 30.3 Å². The van der Waals surface area contributed by atoms with E-state index in [9.17, 15) is 24.9 Å². The van der Waals surface area contributed by atoms with Gasteiger partial charge in [0.05, 0.1) is 75.7 Å². The zero-order valence-electron chi connectivity index (χ0n) is 32.6. The Bertz CT molecular complexity index is 2430. The molecule has 1 unspecified atom stereocenters. The topological polar surface area (TPSA) is 204 Å². The van der Waals surface area contributed by atoms with E-state index >= 15 is 4.79 Å². The summed E-state index contributed by atoms with van der Waals surface area (Å²) in [6, 6.07) is 1.27. The summed E-state index contributed by atoms with van der Waals surface area (Å²) in [6.07, 6.45) is 5.12. The number of anilines is 1. The molecule has 0 saturated heterocycles. The number of Topliss-reactive ketones (excluding diaryl/α,β-unsaturated/α-hetero) is 1. The van der Waals surface area contributed by atoms with Crippen LogP contribution in [0.4, 0.5) is 5.69 Å². The Morgan fingerprint density at radius 2 is 1.51 bits per heavy atom. The lowest BCUT2D eigenvalue weighted by molar-refractivity contribution is -0.117. The summed E-state index contributed by atoms with van der Waals surface area (Å²) in [4.78, 5) is 43.0. The second-order valence-corrected chi connectivity index (χ2v) is 15.3. The van der Waals surface area contributed by atoms with Crippen LogP contribution in [0.1, 0.15) is 73.3 Å². The highest BCUT2D eigenvalue weighted by molar-refractivity contribution is 9.10. The van der Waals surface area contributed by atoms with E-state index in [0.717, 1.165) is 19.3 Å². The van der Waals surface area contributed by atoms with Gasteiger partial charge in [-0.15, -0.1) is 0 Å². The van der Waals surface area contributed by atoms with Gasteiger partial charge in [0.2, 0.25) is 0 Å². The minimum atomic E-state index is -0.912. The molecule has 0 radical (unpaired) electrons. The lowest BCUT2D eigenvalue weighted by atomic mass is 9.78. The highest BCUT2D eigenvalue weighted by Gasteiger charge is 2.37. The van der Waals surface area contributed by atoms with Gasteiger partial charge in [-0.3, -0.25) is 14.4 Å². The lowest BCUT2D eigenvalue weighted by Crippen LogP contribution is -2.23. The third-order valence-corrected chi connectivity index (χ3v) is 11.8. The number of hydrogen-bond acceptors (Lipinski definition) is 13. The largest absolute Gasteiger partial charge is 0.504 e. The first-order valence-corrected chi connectivity index (χ1v) is 20.2. The molecule has 57 heavy (non-hydrogen) atoms. The standard InChI is InChI=1S/C43H51BrN2O11/c1-22-18-26-25(8-7-9-45-11-15-57-17-13-48)41(53)38-35-31(26)36-34-30(32(35)27(21-50)39(44)40(38)46-10-5-4-6-14-56-16-12-47)24(20-49)19-28(52)33(34)42(54)43(55-3)37(36)29(22)23(2)51/h18-19,29,45-50,54H,4-17,20-21H2,1-3H3. The van der Waals surface area contributed by atoms with Crippen LogP contribution in [-0.2, 0) is 33.9 Å². The zero-order valence-corrected chi connectivity index (χ0v) is 34.2. The number of hydrogen-bond donors (Lipinski definition) is 7. The number of benzene rings is 5. The number of ketones is 1. The van der Waals surface area contributed by atoms with Crippen LogP contribution < -0.4 is 26.2 Å². The van der Waals surface area contributed by atoms with Gasteiger partial charge in [0.1, 0.15) is 5.78 Å². The van der Waals surface area contributed by atoms with Crippen molar-refractivity contribution in [2.45, 2.75) is 65.1 Å². The van der Waals surface area contributed by atoms with Crippen LogP contribution >= 0.6 is 15.9 Å². The normalized spacial score (nSPS) is 14.1. The van der Waals surface area contributed by atoms with E-state index in [4.69, 9.17) is 24.4 Å². The van der Waals surface area contributed by atoms with Crippen LogP contribution in [-0.4, -0.2) is 97.7 Å². The van der Waals surface area contributed by atoms with Crippen molar-refractivity contribution in [1.29, 1.82) is 0 Å². The minimum absolute atomic E-state index is 0.0177. The van der Waals surface area contributed by atoms with Gasteiger partial charge in [-0.05, 0) is 107 Å². The fourth-order valence-corrected chi connectivity index (χ4v) is 9.34. The smallest absolute Gasteiger partial charge is 0.192 e. The summed E-state index contributed by atoms with van der Waals surface area (Å²) >= 11 is 3.77. The van der Waals surface area contributed by atoms with Crippen LogP contribution in [0.15, 0.2) is 25.7 Å². The van der Waals surface area contributed by atoms with Gasteiger partial charge < -0.3 is 50.4 Å². The molecule has 7 N–H and O–H groups in total. The predicted octanol–water partition coefficient (Wildman–Crippen LogP) is 4.57. The second-order valence-electron chi connectivity index (χ2n) is 14.5. The number of carbonyl (C=O) groups is 1. The molecule has 5 aromatic carbocycles. The minimum Gasteiger partial charge on any atom is -0.504 e. The maximum absolute atomic E-state index is 15.3. The van der Waals surface area contributed by atoms with E-state index in [1.165, 1.54) is 20.1 Å². The van der Waals surface area contributed by atoms with E-state index in [-0.39, 0.29) is 54.3 Å². The molecule has 0 amide bonds. The Balaban J connectivity index is 1.72. The number of carbonyl (C=O) groups excluding carboxylic acids is 1. The number of aromatic hydroxyl groups is 1. The summed E-state index contributed by atoms with van der Waals surface area (Å²) in [5.41, 5.74) is 2.46. The number of nitrogens with one attached hydrogen (secondary N) is 2. The van der Waals surface area contributed by atoms with Gasteiger partial charge in [0, 0.05) is 51.6 Å². The average molecular weight is 852 g/mol. The molecule has 1 aliphatic rings. The molecular weight excluding hydrogens is 800 g/mol. The highest BCUT2D eigenvalue weighted by Crippen LogP contribution is 2.56. The van der Waals surface area contributed by atoms with Crippen molar-refractivity contribution in [3.63, 3.8) is 0 Å². The fraction of sp³-hybridized carbons (Fsp3) is 0.465. The van der Waals surface area contributed by atoms with E-state index in [1.807, 2.05) is 13.0 Å². The maximum atomic E-state index is 15.3. The first-order chi connectivity index (χ1) is 27.6. The first kappa shape index (κ1) is 42.6. The van der Waals surface area contributed by atoms with Gasteiger partial charge in [0.25, 0.3) is 0 Å². The van der Waals surface area contributed by atoms with Crippen LogP contribution in [0.3, 0.4) is 0 Å². The summed E-state index contributed by atoms with van der Waals surface area (Å²) in [5.74, 6) is -1.59. The molecule has 0 heterocycles. The summed E-state index contributed by atoms with van der Waals surface area (Å²) in [5, 5.41) is 61.8. The molecule has 0 bridgehead atoms. The molecule has 1 atom stereocenters. The third kappa shape index (κ3) is 7.70. The molecular formula is C43H51BrN2O11. The van der Waals surface area contributed by atoms with E-state index in [1.54, 1.807) is 0 Å². The van der Waals surface area contributed by atoms with Crippen molar-refractivity contribution in [2.75, 3.05) is 71.7 Å². The molecule has 0 aromatic heterocycles. The summed E-state index contributed by atoms with van der Waals surface area (Å²) in [6.45, 7) is 5.20. The summed E-state index contributed by atoms with van der Waals surface area (Å²) < 4.78 is 17.1. The molecule has 306 valence electrons. The highest BCUT2D eigenvalue weighted by atomic mass is 79.9. The Morgan fingerprint density at radius 1 is 0.789 bits per heavy atom. The molecule has 13 nitrogen and oxygen atoms in total. The van der Waals surface area contributed by atoms with Gasteiger partial charge in [-0.2, -0.15) is 0 Å². The molecule has 0 aliphatic heterocycles. The van der Waals surface area contributed by atoms with Crippen LogP contribution in [0, 0.1) is 0 Å². The van der Waals surface area contributed by atoms with Gasteiger partial charge in [-0.25, -0.2) is 0 Å². The number of ether oxygens (including phenoxy) is 3. The molecule has 1 aliphatic carbocycles. The fourth-order valence-electron chi connectivity index (χ4n) is 8.68. The number of allylic oxidation sites excluding steroid dienone is 1. The van der Waals surface area contributed by atoms with Crippen molar-refractivity contribution in [3.05, 3.63) is 64.4 Å². The van der Waals surface area contributed by atoms with Crippen molar-refractivity contribution in [3.8, 4) is 11.5 Å². The van der Waals surface area contributed by atoms with Crippen molar-refractivity contribution in [1.82, 2.24) is 5.32 Å². The second kappa shape index (κ2) is 18.7. The number of phenols is 1. The number of unbranched alkanes of at least 4 members (excludes halogenated alkanes) is 2. The maximum Gasteiger partial charge on any atom is 0.192 e. The average Bonchev–Trinajstić information content (AvgIpc) is 3.32. The molecule has 5 aromatic rings. The quantitative estimate of drug-likeness (QED) is 0.0290. The number of phenolic OH excluding ortho intramolecular Hbond substituents is 1. The van der Waals surface area contributed by atoms with Crippen molar-refractivity contribution in [2.24, 2.45) is 0 Å². The number of rotatable bonds is 22. The lowest BCUT2D eigenvalue weighted by Gasteiger charge is -2.27. The van der Waals surface area contributed by atoms with Gasteiger partial charge >= 0.3 is 0 Å². The molecule has 6 rings (SSSR count). The molecule has 14 heteroatoms. The van der Waals surface area contributed by atoms with Crippen LogP contribution in [0.2, 0.25) is 0 Å². The molecule has 0 saturated carbocycles. The number of aliphatic hydroxyl groups excluding tert-OH is 4. The SMILES string of the molecule is COc1c(O)c2c(=O)cc(CO)c3c4c(CO)c(Br)c(NCCCCCOCCO)c5c(=O)c(CCCNCCOCCO)c6c(c(c1C(C(C)=O)C(C)=C6)c23)c54. The van der Waals surface area contributed by atoms with E-state index in [2.05, 4.69) is 26.6 Å². The van der Waals surface area contributed by atoms with Crippen molar-refractivity contribution >= 4 is 76.6 Å². The monoisotopic (exact) mass is 850 g/mol.